The molecule has 0 bridgehead atoms. The Labute approximate surface area is 377 Å². The van der Waals surface area contributed by atoms with Gasteiger partial charge < -0.3 is 4.90 Å². The van der Waals surface area contributed by atoms with E-state index >= 15 is 0 Å². The Morgan fingerprint density at radius 3 is 1.30 bits per heavy atom. The van der Waals surface area contributed by atoms with Crippen molar-refractivity contribution in [2.45, 2.75) is 10.8 Å². The van der Waals surface area contributed by atoms with Gasteiger partial charge in [0.25, 0.3) is 0 Å². The van der Waals surface area contributed by atoms with Gasteiger partial charge in [0, 0.05) is 37.2 Å². The molecule has 300 valence electrons. The molecule has 1 aromatic heterocycles. The van der Waals surface area contributed by atoms with Crippen LogP contribution in [0.1, 0.15) is 44.5 Å². The summed E-state index contributed by atoms with van der Waals surface area (Å²) in [6.07, 6.45) is 0. The average Bonchev–Trinajstić information content (AvgIpc) is 4.00. The monoisotopic (exact) mass is 831 g/mol. The molecule has 2 aliphatic carbocycles. The third-order valence-corrected chi connectivity index (χ3v) is 15.2. The van der Waals surface area contributed by atoms with E-state index in [1.165, 1.54) is 86.9 Å². The highest BCUT2D eigenvalue weighted by molar-refractivity contribution is 7.25. The molecule has 2 aliphatic rings. The molecular formula is C62H41NS. The summed E-state index contributed by atoms with van der Waals surface area (Å²) in [6.45, 7) is 0. The molecule has 0 saturated carbocycles. The quantitative estimate of drug-likeness (QED) is 0.155. The molecule has 0 spiro atoms. The zero-order chi connectivity index (χ0) is 42.2. The largest absolute Gasteiger partial charge is 0.310 e. The lowest BCUT2D eigenvalue weighted by molar-refractivity contribution is 0.768. The predicted octanol–water partition coefficient (Wildman–Crippen LogP) is 16.3. The van der Waals surface area contributed by atoms with Crippen molar-refractivity contribution in [2.24, 2.45) is 0 Å². The Balaban J connectivity index is 1.10. The number of anilines is 3. The van der Waals surface area contributed by atoms with E-state index in [1.54, 1.807) is 0 Å². The van der Waals surface area contributed by atoms with Gasteiger partial charge in [0.15, 0.2) is 0 Å². The van der Waals surface area contributed by atoms with Crippen LogP contribution in [0.3, 0.4) is 0 Å². The van der Waals surface area contributed by atoms with E-state index in [0.717, 1.165) is 17.1 Å². The molecule has 1 atom stereocenters. The topological polar surface area (TPSA) is 3.24 Å². The van der Waals surface area contributed by atoms with Crippen LogP contribution in [0.2, 0.25) is 0 Å². The van der Waals surface area contributed by atoms with Gasteiger partial charge in [-0.25, -0.2) is 0 Å². The first-order chi connectivity index (χ1) is 31.8. The standard InChI is InChI=1S/C62H41NS/c1-5-20-42(21-6-1)61(43-22-7-2-8-23-43)53-31-16-13-28-48(53)50-38-36-46(40-56(50)61)63(45-26-11-4-12-27-45)47-37-39-51-49-29-14-17-32-54(49)62(57(51)41-47,44-24-9-3-10-25-44)55-33-19-35-59-60(55)52-30-15-18-34-58(52)64-59/h1-41H. The Morgan fingerprint density at radius 2 is 0.703 bits per heavy atom. The maximum absolute atomic E-state index is 2.51. The number of para-hydroxylation sites is 1. The number of hydrogen-bond acceptors (Lipinski definition) is 2. The molecule has 0 fully saturated rings. The molecule has 0 saturated heterocycles. The summed E-state index contributed by atoms with van der Waals surface area (Å²) in [5.74, 6) is 0. The van der Waals surface area contributed by atoms with Crippen molar-refractivity contribution in [3.05, 3.63) is 293 Å². The number of thiophene rings is 1. The Bertz CT molecular complexity index is 3520. The number of rotatable bonds is 7. The van der Waals surface area contributed by atoms with E-state index in [4.69, 9.17) is 0 Å². The van der Waals surface area contributed by atoms with Crippen LogP contribution in [0.15, 0.2) is 249 Å². The van der Waals surface area contributed by atoms with Gasteiger partial charge in [0.05, 0.1) is 10.8 Å². The zero-order valence-electron chi connectivity index (χ0n) is 35.0. The van der Waals surface area contributed by atoms with Gasteiger partial charge in [-0.2, -0.15) is 0 Å². The van der Waals surface area contributed by atoms with E-state index in [2.05, 4.69) is 254 Å². The van der Waals surface area contributed by atoms with Gasteiger partial charge in [-0.15, -0.1) is 11.3 Å². The summed E-state index contributed by atoms with van der Waals surface area (Å²) in [5, 5.41) is 2.64. The van der Waals surface area contributed by atoms with Gasteiger partial charge in [0.1, 0.15) is 0 Å². The Kier molecular flexibility index (Phi) is 8.28. The van der Waals surface area contributed by atoms with Crippen molar-refractivity contribution in [2.75, 3.05) is 4.90 Å². The van der Waals surface area contributed by atoms with Crippen molar-refractivity contribution >= 4 is 48.6 Å². The normalized spacial score (nSPS) is 15.4. The van der Waals surface area contributed by atoms with Crippen LogP contribution < -0.4 is 4.90 Å². The van der Waals surface area contributed by atoms with E-state index in [1.807, 2.05) is 11.3 Å². The number of nitrogens with zero attached hydrogens (tertiary/aromatic N) is 1. The third-order valence-electron chi connectivity index (χ3n) is 14.0. The molecule has 13 rings (SSSR count). The van der Waals surface area contributed by atoms with E-state index in [-0.39, 0.29) is 0 Å². The lowest BCUT2D eigenvalue weighted by atomic mass is 9.66. The lowest BCUT2D eigenvalue weighted by Crippen LogP contribution is -2.29. The van der Waals surface area contributed by atoms with Gasteiger partial charge >= 0.3 is 0 Å². The molecule has 1 nitrogen and oxygen atoms in total. The summed E-state index contributed by atoms with van der Waals surface area (Å²) in [4.78, 5) is 2.48. The summed E-state index contributed by atoms with van der Waals surface area (Å²) >= 11 is 1.89. The average molecular weight is 832 g/mol. The number of hydrogen-bond donors (Lipinski definition) is 0. The van der Waals surface area contributed by atoms with Crippen LogP contribution in [-0.2, 0) is 10.8 Å². The Hall–Kier alpha value is -7.78. The molecule has 1 unspecified atom stereocenters. The van der Waals surface area contributed by atoms with Crippen LogP contribution in [0.25, 0.3) is 42.4 Å². The van der Waals surface area contributed by atoms with Gasteiger partial charge in [-0.3, -0.25) is 0 Å². The molecule has 1 heterocycles. The van der Waals surface area contributed by atoms with Crippen molar-refractivity contribution < 1.29 is 0 Å². The molecule has 64 heavy (non-hydrogen) atoms. The molecule has 0 N–H and O–H groups in total. The lowest BCUT2D eigenvalue weighted by Gasteiger charge is -2.36. The summed E-state index contributed by atoms with van der Waals surface area (Å²) in [6, 6.07) is 92.8. The van der Waals surface area contributed by atoms with Crippen LogP contribution in [0.5, 0.6) is 0 Å². The fourth-order valence-electron chi connectivity index (χ4n) is 11.5. The van der Waals surface area contributed by atoms with Crippen LogP contribution in [-0.4, -0.2) is 0 Å². The molecule has 11 aromatic rings. The van der Waals surface area contributed by atoms with Crippen molar-refractivity contribution in [1.82, 2.24) is 0 Å². The zero-order valence-corrected chi connectivity index (χ0v) is 35.8. The molecule has 0 amide bonds. The number of fused-ring (bicyclic) bond motifs is 9. The highest BCUT2D eigenvalue weighted by Crippen LogP contribution is 2.60. The molecule has 2 heteroatoms. The highest BCUT2D eigenvalue weighted by atomic mass is 32.1. The van der Waals surface area contributed by atoms with Crippen LogP contribution in [0.4, 0.5) is 17.1 Å². The molecule has 10 aromatic carbocycles. The minimum atomic E-state index is -0.593. The smallest absolute Gasteiger partial charge is 0.0720 e. The van der Waals surface area contributed by atoms with Crippen molar-refractivity contribution in [1.29, 1.82) is 0 Å². The first-order valence-electron chi connectivity index (χ1n) is 22.2. The summed E-state index contributed by atoms with van der Waals surface area (Å²) in [5.41, 5.74) is 17.6. The van der Waals surface area contributed by atoms with E-state index < -0.39 is 10.8 Å². The van der Waals surface area contributed by atoms with Crippen LogP contribution >= 0.6 is 11.3 Å². The van der Waals surface area contributed by atoms with Gasteiger partial charge in [-0.05, 0) is 115 Å². The van der Waals surface area contributed by atoms with E-state index in [9.17, 15) is 0 Å². The van der Waals surface area contributed by atoms with Crippen molar-refractivity contribution in [3.8, 4) is 22.3 Å². The molecular weight excluding hydrogens is 791 g/mol. The summed E-state index contributed by atoms with van der Waals surface area (Å²) in [7, 11) is 0. The van der Waals surface area contributed by atoms with Gasteiger partial charge in [0.2, 0.25) is 0 Å². The second-order valence-electron chi connectivity index (χ2n) is 17.1. The van der Waals surface area contributed by atoms with Gasteiger partial charge in [-0.1, -0.05) is 200 Å². The maximum Gasteiger partial charge on any atom is 0.0720 e. The Morgan fingerprint density at radius 1 is 0.281 bits per heavy atom. The minimum Gasteiger partial charge on any atom is -0.310 e. The first-order valence-corrected chi connectivity index (χ1v) is 23.0. The molecule has 0 radical (unpaired) electrons. The SMILES string of the molecule is c1ccc(N(c2ccc3c(c2)C(c2ccccc2)(c2ccccc2)c2ccccc2-3)c2ccc3c(c2)C(c2ccccc2)(c2cccc4sc5ccccc5c24)c2ccccc2-3)cc1. The second-order valence-corrected chi connectivity index (χ2v) is 18.2. The van der Waals surface area contributed by atoms with Crippen LogP contribution in [0, 0.1) is 0 Å². The molecule has 0 aliphatic heterocycles. The number of benzene rings is 10. The van der Waals surface area contributed by atoms with Crippen molar-refractivity contribution in [3.63, 3.8) is 0 Å². The van der Waals surface area contributed by atoms with E-state index in [0.29, 0.717) is 0 Å². The minimum absolute atomic E-state index is 0.517. The third kappa shape index (κ3) is 5.12. The first kappa shape index (κ1) is 36.8. The summed E-state index contributed by atoms with van der Waals surface area (Å²) < 4.78 is 2.62. The maximum atomic E-state index is 2.51. The fraction of sp³-hybridized carbons (Fsp3) is 0.0323. The second kappa shape index (κ2) is 14.4. The predicted molar refractivity (Wildman–Crippen MR) is 269 cm³/mol. The highest BCUT2D eigenvalue weighted by Gasteiger charge is 2.49. The fourth-order valence-corrected chi connectivity index (χ4v) is 12.7.